The van der Waals surface area contributed by atoms with Gasteiger partial charge >= 0.3 is 0 Å². The molecule has 0 spiro atoms. The molecule has 1 amide bonds. The Morgan fingerprint density at radius 3 is 2.64 bits per heavy atom. The first-order valence-corrected chi connectivity index (χ1v) is 9.27. The first-order chi connectivity index (χ1) is 13.7. The molecular weight excluding hydrogens is 352 g/mol. The highest BCUT2D eigenvalue weighted by molar-refractivity contribution is 6.05. The largest absolute Gasteiger partial charge is 0.497 e. The van der Waals surface area contributed by atoms with E-state index in [1.165, 1.54) is 11.9 Å². The molecule has 0 fully saturated rings. The number of carbonyl (C=O) groups excluding carboxylic acids is 1. The van der Waals surface area contributed by atoms with Crippen molar-refractivity contribution in [3.63, 3.8) is 0 Å². The Morgan fingerprint density at radius 2 is 1.89 bits per heavy atom. The van der Waals surface area contributed by atoms with Crippen molar-refractivity contribution < 1.29 is 9.53 Å². The van der Waals surface area contributed by atoms with Gasteiger partial charge in [0, 0.05) is 24.8 Å². The van der Waals surface area contributed by atoms with Gasteiger partial charge in [-0.2, -0.15) is 0 Å². The van der Waals surface area contributed by atoms with Gasteiger partial charge in [-0.05, 0) is 43.2 Å². The predicted octanol–water partition coefficient (Wildman–Crippen LogP) is 3.81. The molecule has 1 aromatic heterocycles. The van der Waals surface area contributed by atoms with Crippen molar-refractivity contribution in [1.82, 2.24) is 9.97 Å². The van der Waals surface area contributed by atoms with Crippen molar-refractivity contribution in [1.29, 1.82) is 0 Å². The molecule has 6 nitrogen and oxygen atoms in total. The second kappa shape index (κ2) is 9.50. The molecule has 0 atom stereocenters. The standard InChI is InChI=1S/C22H24N4O2/c1-3-26(18-9-5-4-6-10-18)22(27)20-15-21(25-16-24-20)23-13-12-17-8-7-11-19(14-17)28-2/h4-11,14-16H,3,12-13H2,1-2H3,(H,23,24,25). The van der Waals surface area contributed by atoms with Gasteiger partial charge in [0.2, 0.25) is 0 Å². The molecule has 1 heterocycles. The van der Waals surface area contributed by atoms with E-state index in [1.54, 1.807) is 18.1 Å². The van der Waals surface area contributed by atoms with E-state index in [0.29, 0.717) is 24.6 Å². The fraction of sp³-hybridized carbons (Fsp3) is 0.227. The number of carbonyl (C=O) groups is 1. The van der Waals surface area contributed by atoms with Crippen LogP contribution in [0.4, 0.5) is 11.5 Å². The van der Waals surface area contributed by atoms with Gasteiger partial charge in [0.25, 0.3) is 5.91 Å². The van der Waals surface area contributed by atoms with Gasteiger partial charge in [0.15, 0.2) is 0 Å². The van der Waals surface area contributed by atoms with Crippen LogP contribution in [-0.2, 0) is 6.42 Å². The summed E-state index contributed by atoms with van der Waals surface area (Å²) >= 11 is 0. The molecule has 6 heteroatoms. The van der Waals surface area contributed by atoms with Gasteiger partial charge < -0.3 is 15.0 Å². The van der Waals surface area contributed by atoms with Crippen LogP contribution in [-0.4, -0.2) is 36.1 Å². The van der Waals surface area contributed by atoms with Crippen LogP contribution in [0.15, 0.2) is 67.0 Å². The summed E-state index contributed by atoms with van der Waals surface area (Å²) in [4.78, 5) is 23.0. The fourth-order valence-electron chi connectivity index (χ4n) is 2.92. The maximum absolute atomic E-state index is 12.9. The number of methoxy groups -OCH3 is 1. The van der Waals surface area contributed by atoms with Crippen molar-refractivity contribution in [2.45, 2.75) is 13.3 Å². The summed E-state index contributed by atoms with van der Waals surface area (Å²) in [6.07, 6.45) is 2.23. The number of ether oxygens (including phenoxy) is 1. The minimum absolute atomic E-state index is 0.146. The minimum atomic E-state index is -0.146. The van der Waals surface area contributed by atoms with Gasteiger partial charge in [-0.1, -0.05) is 30.3 Å². The Bertz CT molecular complexity index is 915. The summed E-state index contributed by atoms with van der Waals surface area (Å²) in [6.45, 7) is 3.19. The average molecular weight is 376 g/mol. The molecule has 0 unspecified atom stereocenters. The smallest absolute Gasteiger partial charge is 0.277 e. The lowest BCUT2D eigenvalue weighted by Gasteiger charge is -2.20. The zero-order valence-electron chi connectivity index (χ0n) is 16.1. The molecule has 144 valence electrons. The topological polar surface area (TPSA) is 67.4 Å². The summed E-state index contributed by atoms with van der Waals surface area (Å²) in [5, 5.41) is 3.26. The van der Waals surface area contributed by atoms with E-state index in [1.807, 2.05) is 55.5 Å². The highest BCUT2D eigenvalue weighted by atomic mass is 16.5. The third-order valence-electron chi connectivity index (χ3n) is 4.37. The fourth-order valence-corrected chi connectivity index (χ4v) is 2.92. The number of nitrogens with zero attached hydrogens (tertiary/aromatic N) is 3. The number of benzene rings is 2. The molecule has 3 rings (SSSR count). The minimum Gasteiger partial charge on any atom is -0.497 e. The van der Waals surface area contributed by atoms with Crippen LogP contribution in [0.25, 0.3) is 0 Å². The number of anilines is 2. The van der Waals surface area contributed by atoms with Gasteiger partial charge in [0.05, 0.1) is 7.11 Å². The Labute approximate surface area is 165 Å². The molecule has 1 N–H and O–H groups in total. The van der Waals surface area contributed by atoms with Crippen LogP contribution in [0.5, 0.6) is 5.75 Å². The van der Waals surface area contributed by atoms with Crippen LogP contribution >= 0.6 is 0 Å². The molecule has 0 saturated carbocycles. The quantitative estimate of drug-likeness (QED) is 0.648. The van der Waals surface area contributed by atoms with Gasteiger partial charge in [0.1, 0.15) is 23.6 Å². The van der Waals surface area contributed by atoms with E-state index in [2.05, 4.69) is 21.4 Å². The first-order valence-electron chi connectivity index (χ1n) is 9.27. The lowest BCUT2D eigenvalue weighted by atomic mass is 10.1. The molecule has 0 aliphatic rings. The maximum atomic E-state index is 12.9. The first kappa shape index (κ1) is 19.4. The number of aromatic nitrogens is 2. The van der Waals surface area contributed by atoms with Crippen molar-refractivity contribution in [3.05, 3.63) is 78.2 Å². The van der Waals surface area contributed by atoms with Crippen molar-refractivity contribution >= 4 is 17.4 Å². The lowest BCUT2D eigenvalue weighted by molar-refractivity contribution is 0.0983. The summed E-state index contributed by atoms with van der Waals surface area (Å²) in [7, 11) is 1.66. The van der Waals surface area contributed by atoms with E-state index in [9.17, 15) is 4.79 Å². The van der Waals surface area contributed by atoms with Crippen LogP contribution < -0.4 is 15.0 Å². The molecule has 0 aliphatic carbocycles. The van der Waals surface area contributed by atoms with E-state index in [4.69, 9.17) is 4.74 Å². The van der Waals surface area contributed by atoms with E-state index >= 15 is 0 Å². The molecule has 0 saturated heterocycles. The Morgan fingerprint density at radius 1 is 1.07 bits per heavy atom. The number of amides is 1. The summed E-state index contributed by atoms with van der Waals surface area (Å²) in [5.74, 6) is 1.32. The molecule has 3 aromatic rings. The lowest BCUT2D eigenvalue weighted by Crippen LogP contribution is -2.31. The third kappa shape index (κ3) is 4.85. The second-order valence-corrected chi connectivity index (χ2v) is 6.20. The summed E-state index contributed by atoms with van der Waals surface area (Å²) < 4.78 is 5.25. The molecular formula is C22H24N4O2. The number of hydrogen-bond acceptors (Lipinski definition) is 5. The van der Waals surface area contributed by atoms with Crippen LogP contribution in [0.3, 0.4) is 0 Å². The number of nitrogens with one attached hydrogen (secondary N) is 1. The SMILES string of the molecule is CCN(C(=O)c1cc(NCCc2cccc(OC)c2)ncn1)c1ccccc1. The number of para-hydroxylation sites is 1. The van der Waals surface area contributed by atoms with Gasteiger partial charge in [-0.3, -0.25) is 4.79 Å². The number of hydrogen-bond donors (Lipinski definition) is 1. The van der Waals surface area contributed by atoms with E-state index in [0.717, 1.165) is 17.9 Å². The zero-order valence-corrected chi connectivity index (χ0v) is 16.1. The molecule has 0 aliphatic heterocycles. The van der Waals surface area contributed by atoms with E-state index < -0.39 is 0 Å². The van der Waals surface area contributed by atoms with Crippen LogP contribution in [0, 0.1) is 0 Å². The molecule has 2 aromatic carbocycles. The summed E-state index contributed by atoms with van der Waals surface area (Å²) in [6, 6.07) is 19.2. The van der Waals surface area contributed by atoms with Crippen LogP contribution in [0.2, 0.25) is 0 Å². The maximum Gasteiger partial charge on any atom is 0.277 e. The Hall–Kier alpha value is -3.41. The third-order valence-corrected chi connectivity index (χ3v) is 4.37. The Kier molecular flexibility index (Phi) is 6.57. The molecule has 28 heavy (non-hydrogen) atoms. The van der Waals surface area contributed by atoms with Crippen LogP contribution in [0.1, 0.15) is 23.0 Å². The highest BCUT2D eigenvalue weighted by Gasteiger charge is 2.17. The summed E-state index contributed by atoms with van der Waals surface area (Å²) in [5.41, 5.74) is 2.38. The molecule has 0 bridgehead atoms. The predicted molar refractivity (Wildman–Crippen MR) is 111 cm³/mol. The monoisotopic (exact) mass is 376 g/mol. The van der Waals surface area contributed by atoms with Crippen molar-refractivity contribution in [2.75, 3.05) is 30.4 Å². The van der Waals surface area contributed by atoms with Gasteiger partial charge in [-0.15, -0.1) is 0 Å². The highest BCUT2D eigenvalue weighted by Crippen LogP contribution is 2.17. The Balaban J connectivity index is 1.65. The second-order valence-electron chi connectivity index (χ2n) is 6.20. The van der Waals surface area contributed by atoms with E-state index in [-0.39, 0.29) is 5.91 Å². The van der Waals surface area contributed by atoms with Gasteiger partial charge in [-0.25, -0.2) is 9.97 Å². The normalized spacial score (nSPS) is 10.4. The number of rotatable bonds is 8. The van der Waals surface area contributed by atoms with Crippen molar-refractivity contribution in [3.8, 4) is 5.75 Å². The zero-order chi connectivity index (χ0) is 19.8. The average Bonchev–Trinajstić information content (AvgIpc) is 2.75. The van der Waals surface area contributed by atoms with Crippen molar-refractivity contribution in [2.24, 2.45) is 0 Å². The molecule has 0 radical (unpaired) electrons.